The van der Waals surface area contributed by atoms with Gasteiger partial charge in [-0.1, -0.05) is 17.3 Å². The Morgan fingerprint density at radius 2 is 2.13 bits per heavy atom. The van der Waals surface area contributed by atoms with E-state index in [9.17, 15) is 18.4 Å². The van der Waals surface area contributed by atoms with E-state index in [0.717, 1.165) is 15.2 Å². The first-order chi connectivity index (χ1) is 14.3. The summed E-state index contributed by atoms with van der Waals surface area (Å²) in [5.74, 6) is -3.72. The highest BCUT2D eigenvalue weighted by molar-refractivity contribution is 7.18. The van der Waals surface area contributed by atoms with E-state index in [0.29, 0.717) is 6.42 Å². The minimum atomic E-state index is -2.96. The van der Waals surface area contributed by atoms with Crippen LogP contribution in [0.25, 0.3) is 10.2 Å². The maximum absolute atomic E-state index is 14.1. The number of amides is 2. The fraction of sp³-hybridized carbons (Fsp3) is 0.421. The number of nitrogens with zero attached hydrogens (tertiary/aromatic N) is 5. The van der Waals surface area contributed by atoms with Crippen molar-refractivity contribution in [2.75, 3.05) is 13.6 Å². The molecule has 158 valence electrons. The van der Waals surface area contributed by atoms with Gasteiger partial charge in [-0.05, 0) is 12.1 Å². The predicted molar refractivity (Wildman–Crippen MR) is 106 cm³/mol. The smallest absolute Gasteiger partial charge is 0.273 e. The first kappa shape index (κ1) is 20.3. The first-order valence-corrected chi connectivity index (χ1v) is 10.3. The van der Waals surface area contributed by atoms with Gasteiger partial charge < -0.3 is 10.2 Å². The van der Waals surface area contributed by atoms with Crippen molar-refractivity contribution >= 4 is 33.4 Å². The molecule has 8 nitrogen and oxygen atoms in total. The van der Waals surface area contributed by atoms with Gasteiger partial charge in [0.1, 0.15) is 0 Å². The number of aryl methyl sites for hydroxylation is 1. The fourth-order valence-corrected chi connectivity index (χ4v) is 4.54. The zero-order chi connectivity index (χ0) is 21.3. The Kier molecular flexibility index (Phi) is 5.46. The average molecular weight is 434 g/mol. The van der Waals surface area contributed by atoms with Gasteiger partial charge in [0, 0.05) is 26.3 Å². The van der Waals surface area contributed by atoms with Gasteiger partial charge in [0.05, 0.1) is 40.6 Å². The summed E-state index contributed by atoms with van der Waals surface area (Å²) in [6.45, 7) is -0.570. The van der Waals surface area contributed by atoms with Crippen molar-refractivity contribution in [3.05, 3.63) is 41.2 Å². The summed E-state index contributed by atoms with van der Waals surface area (Å²) in [4.78, 5) is 30.1. The molecule has 30 heavy (non-hydrogen) atoms. The lowest BCUT2D eigenvalue weighted by Gasteiger charge is -2.23. The Bertz CT molecular complexity index is 1050. The maximum Gasteiger partial charge on any atom is 0.273 e. The molecule has 2 aromatic heterocycles. The van der Waals surface area contributed by atoms with Crippen molar-refractivity contribution in [2.45, 2.75) is 37.8 Å². The summed E-state index contributed by atoms with van der Waals surface area (Å²) in [6, 6.07) is 6.96. The molecule has 0 radical (unpaired) electrons. The van der Waals surface area contributed by atoms with Crippen molar-refractivity contribution in [3.8, 4) is 0 Å². The van der Waals surface area contributed by atoms with Crippen molar-refractivity contribution < 1.29 is 18.4 Å². The predicted octanol–water partition coefficient (Wildman–Crippen LogP) is 2.12. The summed E-state index contributed by atoms with van der Waals surface area (Å²) in [6.07, 6.45) is 1.44. The Morgan fingerprint density at radius 1 is 1.33 bits per heavy atom. The number of hydrogen-bond acceptors (Lipinski definition) is 6. The van der Waals surface area contributed by atoms with Crippen LogP contribution in [0.4, 0.5) is 8.78 Å². The second kappa shape index (κ2) is 8.05. The number of carbonyl (C=O) groups excluding carboxylic acids is 2. The number of likely N-dealkylation sites (tertiary alicyclic amines) is 1. The first-order valence-electron chi connectivity index (χ1n) is 9.48. The number of para-hydroxylation sites is 1. The summed E-state index contributed by atoms with van der Waals surface area (Å²) < 4.78 is 30.5. The highest BCUT2D eigenvalue weighted by atomic mass is 32.1. The topological polar surface area (TPSA) is 93.0 Å². The molecule has 1 fully saturated rings. The van der Waals surface area contributed by atoms with Crippen LogP contribution in [0.5, 0.6) is 0 Å². The number of fused-ring (bicyclic) bond motifs is 1. The molecule has 0 aliphatic carbocycles. The van der Waals surface area contributed by atoms with Gasteiger partial charge in [-0.25, -0.2) is 18.4 Å². The molecule has 1 aromatic carbocycles. The van der Waals surface area contributed by atoms with Crippen LogP contribution in [-0.2, 0) is 17.8 Å². The van der Waals surface area contributed by atoms with Crippen LogP contribution in [-0.4, -0.2) is 62.2 Å². The van der Waals surface area contributed by atoms with Crippen LogP contribution in [0, 0.1) is 0 Å². The minimum absolute atomic E-state index is 0.0481. The zero-order valence-electron chi connectivity index (χ0n) is 16.2. The molecule has 1 aliphatic rings. The third-order valence-corrected chi connectivity index (χ3v) is 6.08. The normalized spacial score (nSPS) is 18.1. The van der Waals surface area contributed by atoms with E-state index in [1.54, 1.807) is 0 Å². The second-order valence-electron chi connectivity index (χ2n) is 7.22. The van der Waals surface area contributed by atoms with Gasteiger partial charge in [0.2, 0.25) is 5.91 Å². The summed E-state index contributed by atoms with van der Waals surface area (Å²) in [5, 5.41) is 10.8. The van der Waals surface area contributed by atoms with Gasteiger partial charge in [0.15, 0.2) is 5.69 Å². The number of rotatable bonds is 6. The number of benzene rings is 1. The molecular weight excluding hydrogens is 414 g/mol. The van der Waals surface area contributed by atoms with Gasteiger partial charge in [-0.3, -0.25) is 9.59 Å². The largest absolute Gasteiger partial charge is 0.354 e. The molecule has 0 bridgehead atoms. The van der Waals surface area contributed by atoms with Crippen LogP contribution in [0.15, 0.2) is 30.5 Å². The Hall–Kier alpha value is -2.95. The van der Waals surface area contributed by atoms with E-state index in [4.69, 9.17) is 0 Å². The van der Waals surface area contributed by atoms with E-state index in [2.05, 4.69) is 20.6 Å². The van der Waals surface area contributed by atoms with E-state index in [-0.39, 0.29) is 24.6 Å². The molecule has 1 saturated heterocycles. The molecule has 0 saturated carbocycles. The quantitative estimate of drug-likeness (QED) is 0.642. The molecule has 3 aromatic rings. The minimum Gasteiger partial charge on any atom is -0.354 e. The van der Waals surface area contributed by atoms with Crippen LogP contribution in [0.3, 0.4) is 0 Å². The number of thiazole rings is 1. The highest BCUT2D eigenvalue weighted by Gasteiger charge is 2.46. The molecular formula is C19H20F2N6O2S. The van der Waals surface area contributed by atoms with Gasteiger partial charge >= 0.3 is 0 Å². The van der Waals surface area contributed by atoms with Crippen LogP contribution in [0.1, 0.15) is 28.3 Å². The SMILES string of the molecule is CNC(=O)c1cn(C[C@@H]2CC(F)(F)CN2C(=O)CCc2nc3ccccc3s2)nn1. The van der Waals surface area contributed by atoms with Crippen LogP contribution < -0.4 is 5.32 Å². The maximum atomic E-state index is 14.1. The molecule has 3 heterocycles. The highest BCUT2D eigenvalue weighted by Crippen LogP contribution is 2.33. The monoisotopic (exact) mass is 434 g/mol. The molecule has 0 unspecified atom stereocenters. The third kappa shape index (κ3) is 4.30. The average Bonchev–Trinajstić information content (AvgIpc) is 3.42. The van der Waals surface area contributed by atoms with Crippen molar-refractivity contribution in [3.63, 3.8) is 0 Å². The Labute approximate surface area is 174 Å². The van der Waals surface area contributed by atoms with Gasteiger partial charge in [-0.2, -0.15) is 0 Å². The van der Waals surface area contributed by atoms with E-state index in [1.165, 1.54) is 34.2 Å². The molecule has 1 N–H and O–H groups in total. The number of halogens is 2. The Balaban J connectivity index is 1.42. The van der Waals surface area contributed by atoms with Crippen molar-refractivity contribution in [2.24, 2.45) is 0 Å². The summed E-state index contributed by atoms with van der Waals surface area (Å²) >= 11 is 1.50. The van der Waals surface area contributed by atoms with E-state index in [1.807, 2.05) is 24.3 Å². The lowest BCUT2D eigenvalue weighted by molar-refractivity contribution is -0.133. The van der Waals surface area contributed by atoms with Crippen molar-refractivity contribution in [1.29, 1.82) is 0 Å². The van der Waals surface area contributed by atoms with Crippen molar-refractivity contribution in [1.82, 2.24) is 30.2 Å². The Morgan fingerprint density at radius 3 is 2.90 bits per heavy atom. The lowest BCUT2D eigenvalue weighted by atomic mass is 10.2. The van der Waals surface area contributed by atoms with Crippen LogP contribution >= 0.6 is 11.3 Å². The fourth-order valence-electron chi connectivity index (χ4n) is 3.57. The van der Waals surface area contributed by atoms with Gasteiger partial charge in [0.25, 0.3) is 11.8 Å². The molecule has 1 atom stereocenters. The number of nitrogens with one attached hydrogen (secondary N) is 1. The molecule has 1 aliphatic heterocycles. The standard InChI is InChI=1S/C19H20F2N6O2S/c1-22-18(29)14-10-26(25-24-14)9-12-8-19(20,21)11-27(12)17(28)7-6-16-23-13-4-2-3-5-15(13)30-16/h2-5,10,12H,6-9,11H2,1H3,(H,22,29)/t12-/m0/s1. The number of carbonyl (C=O) groups is 2. The number of hydrogen-bond donors (Lipinski definition) is 1. The molecule has 0 spiro atoms. The van der Waals surface area contributed by atoms with E-state index < -0.39 is 30.8 Å². The second-order valence-corrected chi connectivity index (χ2v) is 8.33. The summed E-state index contributed by atoms with van der Waals surface area (Å²) in [5.41, 5.74) is 0.963. The van der Waals surface area contributed by atoms with Crippen LogP contribution in [0.2, 0.25) is 0 Å². The molecule has 2 amide bonds. The molecule has 11 heteroatoms. The number of aromatic nitrogens is 4. The van der Waals surface area contributed by atoms with E-state index >= 15 is 0 Å². The molecule has 4 rings (SSSR count). The number of alkyl halides is 2. The zero-order valence-corrected chi connectivity index (χ0v) is 17.0. The third-order valence-electron chi connectivity index (χ3n) is 4.98. The lowest BCUT2D eigenvalue weighted by Crippen LogP contribution is -2.39. The van der Waals surface area contributed by atoms with Gasteiger partial charge in [-0.15, -0.1) is 16.4 Å². The summed E-state index contributed by atoms with van der Waals surface area (Å²) in [7, 11) is 1.46.